The molecule has 0 atom stereocenters. The van der Waals surface area contributed by atoms with Gasteiger partial charge >= 0.3 is 0 Å². The van der Waals surface area contributed by atoms with E-state index in [0.717, 1.165) is 44.3 Å². The van der Waals surface area contributed by atoms with E-state index >= 15 is 0 Å². The van der Waals surface area contributed by atoms with Crippen molar-refractivity contribution in [3.63, 3.8) is 0 Å². The SMILES string of the molecule is CN=C(NCCCCOCCOC)NCCSC. The van der Waals surface area contributed by atoms with Crippen molar-refractivity contribution in [2.24, 2.45) is 4.99 Å². The third-order valence-electron chi connectivity index (χ3n) is 2.26. The molecule has 0 rings (SSSR count). The lowest BCUT2D eigenvalue weighted by molar-refractivity contribution is 0.0689. The molecule has 18 heavy (non-hydrogen) atoms. The van der Waals surface area contributed by atoms with E-state index in [-0.39, 0.29) is 0 Å². The number of rotatable bonds is 11. The summed E-state index contributed by atoms with van der Waals surface area (Å²) in [5.41, 5.74) is 0. The fourth-order valence-electron chi connectivity index (χ4n) is 1.27. The molecule has 2 N–H and O–H groups in total. The van der Waals surface area contributed by atoms with Gasteiger partial charge in [0.1, 0.15) is 0 Å². The van der Waals surface area contributed by atoms with Crippen molar-refractivity contribution >= 4 is 17.7 Å². The fraction of sp³-hybridized carbons (Fsp3) is 0.917. The lowest BCUT2D eigenvalue weighted by atomic mass is 10.3. The Balaban J connectivity index is 3.29. The maximum Gasteiger partial charge on any atom is 0.191 e. The van der Waals surface area contributed by atoms with Gasteiger partial charge in [0, 0.05) is 39.6 Å². The highest BCUT2D eigenvalue weighted by atomic mass is 32.2. The predicted molar refractivity (Wildman–Crippen MR) is 79.7 cm³/mol. The summed E-state index contributed by atoms with van der Waals surface area (Å²) in [6, 6.07) is 0. The number of thioether (sulfide) groups is 1. The zero-order valence-corrected chi connectivity index (χ0v) is 12.6. The first-order valence-corrected chi connectivity index (χ1v) is 7.74. The topological polar surface area (TPSA) is 54.9 Å². The van der Waals surface area contributed by atoms with Crippen molar-refractivity contribution in [2.45, 2.75) is 12.8 Å². The van der Waals surface area contributed by atoms with Gasteiger partial charge in [-0.3, -0.25) is 4.99 Å². The summed E-state index contributed by atoms with van der Waals surface area (Å²) >= 11 is 1.82. The van der Waals surface area contributed by atoms with E-state index in [1.807, 2.05) is 11.8 Å². The normalized spacial score (nSPS) is 11.6. The Hall–Kier alpha value is -0.460. The Bertz CT molecular complexity index is 204. The van der Waals surface area contributed by atoms with Crippen LogP contribution in [0, 0.1) is 0 Å². The summed E-state index contributed by atoms with van der Waals surface area (Å²) < 4.78 is 10.3. The largest absolute Gasteiger partial charge is 0.382 e. The number of methoxy groups -OCH3 is 1. The first kappa shape index (κ1) is 17.5. The second kappa shape index (κ2) is 14.6. The highest BCUT2D eigenvalue weighted by Crippen LogP contribution is 1.89. The Morgan fingerprint density at radius 2 is 1.89 bits per heavy atom. The average molecular weight is 277 g/mol. The standard InChI is InChI=1S/C12H27N3O2S/c1-13-12(15-7-11-18-3)14-6-4-5-8-17-10-9-16-2/h4-11H2,1-3H3,(H2,13,14,15). The molecule has 0 aliphatic rings. The molecule has 0 aliphatic heterocycles. The Morgan fingerprint density at radius 1 is 1.11 bits per heavy atom. The van der Waals surface area contributed by atoms with E-state index in [1.165, 1.54) is 0 Å². The van der Waals surface area contributed by atoms with Gasteiger partial charge in [0.2, 0.25) is 0 Å². The van der Waals surface area contributed by atoms with Crippen LogP contribution in [0.15, 0.2) is 4.99 Å². The quantitative estimate of drug-likeness (QED) is 0.335. The van der Waals surface area contributed by atoms with Crippen LogP contribution in [-0.2, 0) is 9.47 Å². The summed E-state index contributed by atoms with van der Waals surface area (Å²) in [7, 11) is 3.48. The van der Waals surface area contributed by atoms with Crippen LogP contribution in [0.3, 0.4) is 0 Å². The molecule has 0 radical (unpaired) electrons. The van der Waals surface area contributed by atoms with Crippen LogP contribution in [0.4, 0.5) is 0 Å². The second-order valence-electron chi connectivity index (χ2n) is 3.73. The van der Waals surface area contributed by atoms with Crippen LogP contribution < -0.4 is 10.6 Å². The average Bonchev–Trinajstić information content (AvgIpc) is 2.40. The molecule has 0 heterocycles. The molecule has 6 heteroatoms. The van der Waals surface area contributed by atoms with Crippen LogP contribution >= 0.6 is 11.8 Å². The molecular weight excluding hydrogens is 250 g/mol. The van der Waals surface area contributed by atoms with Crippen LogP contribution in [-0.4, -0.2) is 65.0 Å². The molecular formula is C12H27N3O2S. The van der Waals surface area contributed by atoms with Gasteiger partial charge in [0.25, 0.3) is 0 Å². The number of unbranched alkanes of at least 4 members (excludes halogenated alkanes) is 1. The van der Waals surface area contributed by atoms with Crippen molar-refractivity contribution in [2.75, 3.05) is 59.1 Å². The molecule has 0 aliphatic carbocycles. The van der Waals surface area contributed by atoms with Crippen molar-refractivity contribution in [1.82, 2.24) is 10.6 Å². The van der Waals surface area contributed by atoms with E-state index in [4.69, 9.17) is 9.47 Å². The van der Waals surface area contributed by atoms with E-state index in [0.29, 0.717) is 13.2 Å². The van der Waals surface area contributed by atoms with E-state index in [1.54, 1.807) is 14.2 Å². The molecule has 0 saturated heterocycles. The summed E-state index contributed by atoms with van der Waals surface area (Å²) in [6.07, 6.45) is 4.23. The van der Waals surface area contributed by atoms with Crippen LogP contribution in [0.25, 0.3) is 0 Å². The highest BCUT2D eigenvalue weighted by Gasteiger charge is 1.96. The minimum absolute atomic E-state index is 0.671. The Kier molecular flexibility index (Phi) is 14.2. The Morgan fingerprint density at radius 3 is 2.56 bits per heavy atom. The smallest absolute Gasteiger partial charge is 0.191 e. The maximum atomic E-state index is 5.39. The number of guanidine groups is 1. The molecule has 0 aromatic carbocycles. The molecule has 0 aromatic rings. The van der Waals surface area contributed by atoms with Gasteiger partial charge in [-0.25, -0.2) is 0 Å². The lowest BCUT2D eigenvalue weighted by Gasteiger charge is -2.11. The maximum absolute atomic E-state index is 5.39. The van der Waals surface area contributed by atoms with Crippen molar-refractivity contribution < 1.29 is 9.47 Å². The fourth-order valence-corrected chi connectivity index (χ4v) is 1.58. The summed E-state index contributed by atoms with van der Waals surface area (Å²) in [6.45, 7) is 4.02. The monoisotopic (exact) mass is 277 g/mol. The number of nitrogens with one attached hydrogen (secondary N) is 2. The molecule has 0 unspecified atom stereocenters. The third-order valence-corrected chi connectivity index (χ3v) is 2.87. The van der Waals surface area contributed by atoms with Gasteiger partial charge in [-0.15, -0.1) is 0 Å². The van der Waals surface area contributed by atoms with Crippen molar-refractivity contribution in [1.29, 1.82) is 0 Å². The molecule has 0 spiro atoms. The van der Waals surface area contributed by atoms with Gasteiger partial charge in [-0.2, -0.15) is 11.8 Å². The highest BCUT2D eigenvalue weighted by molar-refractivity contribution is 7.98. The number of aliphatic imine (C=N–C) groups is 1. The number of hydrogen-bond donors (Lipinski definition) is 2. The zero-order chi connectivity index (χ0) is 13.5. The van der Waals surface area contributed by atoms with E-state index in [2.05, 4.69) is 21.9 Å². The molecule has 0 amide bonds. The number of ether oxygens (including phenoxy) is 2. The molecule has 0 aromatic heterocycles. The Labute approximate surface area is 115 Å². The molecule has 0 saturated carbocycles. The molecule has 0 fully saturated rings. The number of hydrogen-bond acceptors (Lipinski definition) is 4. The first-order valence-electron chi connectivity index (χ1n) is 6.35. The van der Waals surface area contributed by atoms with Gasteiger partial charge in [0.15, 0.2) is 5.96 Å². The van der Waals surface area contributed by atoms with Gasteiger partial charge in [-0.1, -0.05) is 0 Å². The van der Waals surface area contributed by atoms with Crippen molar-refractivity contribution in [3.05, 3.63) is 0 Å². The zero-order valence-electron chi connectivity index (χ0n) is 11.8. The molecule has 0 bridgehead atoms. The minimum Gasteiger partial charge on any atom is -0.382 e. The van der Waals surface area contributed by atoms with Crippen LogP contribution in [0.5, 0.6) is 0 Å². The van der Waals surface area contributed by atoms with Crippen LogP contribution in [0.1, 0.15) is 12.8 Å². The minimum atomic E-state index is 0.671. The van der Waals surface area contributed by atoms with Crippen molar-refractivity contribution in [3.8, 4) is 0 Å². The first-order chi connectivity index (χ1) is 8.85. The van der Waals surface area contributed by atoms with E-state index in [9.17, 15) is 0 Å². The second-order valence-corrected chi connectivity index (χ2v) is 4.72. The van der Waals surface area contributed by atoms with Gasteiger partial charge < -0.3 is 20.1 Å². The van der Waals surface area contributed by atoms with Gasteiger partial charge in [0.05, 0.1) is 13.2 Å². The molecule has 108 valence electrons. The van der Waals surface area contributed by atoms with Crippen LogP contribution in [0.2, 0.25) is 0 Å². The summed E-state index contributed by atoms with van der Waals surface area (Å²) in [5, 5.41) is 6.54. The summed E-state index contributed by atoms with van der Waals surface area (Å²) in [4.78, 5) is 4.16. The van der Waals surface area contributed by atoms with E-state index < -0.39 is 0 Å². The third kappa shape index (κ3) is 12.0. The van der Waals surface area contributed by atoms with Gasteiger partial charge in [-0.05, 0) is 19.1 Å². The molecule has 5 nitrogen and oxygen atoms in total. The predicted octanol–water partition coefficient (Wildman–Crippen LogP) is 0.958. The lowest BCUT2D eigenvalue weighted by Crippen LogP contribution is -2.38. The summed E-state index contributed by atoms with van der Waals surface area (Å²) in [5.74, 6) is 1.97. The number of nitrogens with zero attached hydrogens (tertiary/aromatic N) is 1.